The lowest BCUT2D eigenvalue weighted by molar-refractivity contribution is 0.669. The van der Waals surface area contributed by atoms with Crippen molar-refractivity contribution in [1.82, 2.24) is 0 Å². The summed E-state index contributed by atoms with van der Waals surface area (Å²) >= 11 is 0. The molecule has 0 aliphatic rings. The lowest BCUT2D eigenvalue weighted by atomic mass is 9.87. The molecule has 14 aromatic rings. The first-order valence-electron chi connectivity index (χ1n) is 21.4. The van der Waals surface area contributed by atoms with Crippen molar-refractivity contribution < 1.29 is 4.42 Å². The molecule has 14 rings (SSSR count). The van der Waals surface area contributed by atoms with Crippen LogP contribution in [0.25, 0.3) is 119 Å². The van der Waals surface area contributed by atoms with Gasteiger partial charge in [-0.15, -0.1) is 0 Å². The number of fused-ring (bicyclic) bond motifs is 11. The van der Waals surface area contributed by atoms with Gasteiger partial charge in [-0.3, -0.25) is 0 Å². The molecule has 2 nitrogen and oxygen atoms in total. The summed E-state index contributed by atoms with van der Waals surface area (Å²) in [6, 6.07) is 78.4. The molecule has 286 valence electrons. The first kappa shape index (κ1) is 33.6. The third-order valence-electron chi connectivity index (χ3n) is 13.5. The first-order valence-corrected chi connectivity index (χ1v) is 21.4. The van der Waals surface area contributed by atoms with E-state index in [1.165, 1.54) is 97.3 Å². The Labute approximate surface area is 356 Å². The van der Waals surface area contributed by atoms with Gasteiger partial charge in [-0.05, 0) is 147 Å². The topological polar surface area (TPSA) is 16.4 Å². The van der Waals surface area contributed by atoms with Crippen LogP contribution in [0.1, 0.15) is 0 Å². The van der Waals surface area contributed by atoms with E-state index in [4.69, 9.17) is 4.42 Å². The number of benzene rings is 13. The minimum atomic E-state index is 0.921. The van der Waals surface area contributed by atoms with E-state index in [-0.39, 0.29) is 0 Å². The van der Waals surface area contributed by atoms with Crippen LogP contribution in [0.3, 0.4) is 0 Å². The number of rotatable bonds is 4. The van der Waals surface area contributed by atoms with Gasteiger partial charge in [0.15, 0.2) is 0 Å². The van der Waals surface area contributed by atoms with E-state index in [9.17, 15) is 0 Å². The van der Waals surface area contributed by atoms with Crippen molar-refractivity contribution >= 4 is 125 Å². The van der Waals surface area contributed by atoms with Crippen LogP contribution in [0.5, 0.6) is 0 Å². The zero-order valence-electron chi connectivity index (χ0n) is 33.6. The maximum atomic E-state index is 6.42. The Morgan fingerprint density at radius 1 is 0.274 bits per heavy atom. The number of para-hydroxylation sites is 1. The standard InChI is InChI=1S/C60H35NO/c1-3-11-40-31-43(24-17-36(40)9-1)61(44-25-18-37-10-2-4-12-41(37)32-44)56-30-23-39-20-28-50-45(26-19-38-21-29-51(56)60(39)59(38)50)42-22-27-48-52(33-42)46-13-5-6-14-47(46)53-34-55-49-15-7-8-16-57(49)62-58(55)35-54(48)53/h1-35H. The third kappa shape index (κ3) is 4.80. The van der Waals surface area contributed by atoms with Crippen molar-refractivity contribution in [2.45, 2.75) is 0 Å². The Morgan fingerprint density at radius 2 is 0.790 bits per heavy atom. The fourth-order valence-electron chi connectivity index (χ4n) is 10.6. The summed E-state index contributed by atoms with van der Waals surface area (Å²) in [5.74, 6) is 0. The zero-order chi connectivity index (χ0) is 40.5. The summed E-state index contributed by atoms with van der Waals surface area (Å²) in [7, 11) is 0. The van der Waals surface area contributed by atoms with Crippen LogP contribution in [0.15, 0.2) is 217 Å². The van der Waals surface area contributed by atoms with Crippen LogP contribution in [-0.2, 0) is 0 Å². The Balaban J connectivity index is 0.994. The van der Waals surface area contributed by atoms with Crippen molar-refractivity contribution in [3.8, 4) is 11.1 Å². The van der Waals surface area contributed by atoms with Crippen molar-refractivity contribution in [1.29, 1.82) is 0 Å². The molecule has 0 aliphatic heterocycles. The predicted octanol–water partition coefficient (Wildman–Crippen LogP) is 17.4. The van der Waals surface area contributed by atoms with Crippen molar-refractivity contribution in [2.75, 3.05) is 4.90 Å². The second kappa shape index (κ2) is 12.7. The van der Waals surface area contributed by atoms with Gasteiger partial charge in [-0.1, -0.05) is 158 Å². The van der Waals surface area contributed by atoms with Crippen molar-refractivity contribution in [2.24, 2.45) is 0 Å². The van der Waals surface area contributed by atoms with Gasteiger partial charge in [0.05, 0.1) is 5.69 Å². The highest BCUT2D eigenvalue weighted by Crippen LogP contribution is 2.47. The Bertz CT molecular complexity index is 4100. The van der Waals surface area contributed by atoms with Gasteiger partial charge in [0.25, 0.3) is 0 Å². The molecule has 0 atom stereocenters. The highest BCUT2D eigenvalue weighted by Gasteiger charge is 2.21. The van der Waals surface area contributed by atoms with E-state index in [1.807, 2.05) is 6.07 Å². The molecular formula is C60H35NO. The fraction of sp³-hybridized carbons (Fsp3) is 0. The van der Waals surface area contributed by atoms with E-state index >= 15 is 0 Å². The monoisotopic (exact) mass is 785 g/mol. The highest BCUT2D eigenvalue weighted by atomic mass is 16.3. The molecule has 0 bridgehead atoms. The van der Waals surface area contributed by atoms with E-state index in [0.29, 0.717) is 0 Å². The Morgan fingerprint density at radius 3 is 1.52 bits per heavy atom. The fourth-order valence-corrected chi connectivity index (χ4v) is 10.6. The first-order chi connectivity index (χ1) is 30.7. The molecule has 0 saturated carbocycles. The van der Waals surface area contributed by atoms with Gasteiger partial charge in [-0.25, -0.2) is 0 Å². The molecule has 0 amide bonds. The van der Waals surface area contributed by atoms with Gasteiger partial charge < -0.3 is 9.32 Å². The molecule has 0 fully saturated rings. The lowest BCUT2D eigenvalue weighted by Gasteiger charge is -2.28. The molecule has 0 aliphatic carbocycles. The molecule has 0 unspecified atom stereocenters. The number of anilines is 3. The van der Waals surface area contributed by atoms with E-state index in [0.717, 1.165) is 39.0 Å². The maximum absolute atomic E-state index is 6.42. The van der Waals surface area contributed by atoms with Gasteiger partial charge in [0.2, 0.25) is 0 Å². The van der Waals surface area contributed by atoms with Gasteiger partial charge >= 0.3 is 0 Å². The summed E-state index contributed by atoms with van der Waals surface area (Å²) < 4.78 is 6.42. The van der Waals surface area contributed by atoms with Gasteiger partial charge in [0.1, 0.15) is 11.2 Å². The minimum absolute atomic E-state index is 0.921. The van der Waals surface area contributed by atoms with Crippen LogP contribution < -0.4 is 4.90 Å². The Kier molecular flexibility index (Phi) is 6.86. The zero-order valence-corrected chi connectivity index (χ0v) is 33.6. The summed E-state index contributed by atoms with van der Waals surface area (Å²) in [5.41, 5.74) is 7.70. The molecule has 1 heterocycles. The van der Waals surface area contributed by atoms with Crippen molar-refractivity contribution in [3.63, 3.8) is 0 Å². The smallest absolute Gasteiger partial charge is 0.136 e. The molecule has 2 heteroatoms. The third-order valence-corrected chi connectivity index (χ3v) is 13.5. The molecule has 0 radical (unpaired) electrons. The van der Waals surface area contributed by atoms with E-state index in [2.05, 4.69) is 211 Å². The van der Waals surface area contributed by atoms with E-state index < -0.39 is 0 Å². The molecule has 0 spiro atoms. The van der Waals surface area contributed by atoms with Crippen LogP contribution in [0.4, 0.5) is 17.1 Å². The van der Waals surface area contributed by atoms with E-state index in [1.54, 1.807) is 0 Å². The lowest BCUT2D eigenvalue weighted by Crippen LogP contribution is -2.10. The number of nitrogens with zero attached hydrogens (tertiary/aromatic N) is 1. The average Bonchev–Trinajstić information content (AvgIpc) is 3.70. The minimum Gasteiger partial charge on any atom is -0.456 e. The molecule has 0 N–H and O–H groups in total. The number of furan rings is 1. The number of hydrogen-bond donors (Lipinski definition) is 0. The van der Waals surface area contributed by atoms with Crippen LogP contribution in [0, 0.1) is 0 Å². The van der Waals surface area contributed by atoms with Gasteiger partial charge in [-0.2, -0.15) is 0 Å². The quantitative estimate of drug-likeness (QED) is 0.165. The molecule has 62 heavy (non-hydrogen) atoms. The molecule has 1 aromatic heterocycles. The van der Waals surface area contributed by atoms with Crippen LogP contribution >= 0.6 is 0 Å². The molecular weight excluding hydrogens is 751 g/mol. The van der Waals surface area contributed by atoms with Crippen LogP contribution in [0.2, 0.25) is 0 Å². The largest absolute Gasteiger partial charge is 0.456 e. The molecule has 0 saturated heterocycles. The SMILES string of the molecule is c1ccc2cc(N(c3ccc4ccccc4c3)c3ccc4ccc5c(-c6ccc7c(c6)c6ccccc6c6cc8c(cc76)oc6ccccc68)ccc6ccc3c4c65)ccc2c1. The summed E-state index contributed by atoms with van der Waals surface area (Å²) in [6.07, 6.45) is 0. The summed E-state index contributed by atoms with van der Waals surface area (Å²) in [6.45, 7) is 0. The Hall–Kier alpha value is -8.20. The van der Waals surface area contributed by atoms with Crippen LogP contribution in [-0.4, -0.2) is 0 Å². The summed E-state index contributed by atoms with van der Waals surface area (Å²) in [5, 5.41) is 22.2. The van der Waals surface area contributed by atoms with Gasteiger partial charge in [0, 0.05) is 27.5 Å². The second-order valence-corrected chi connectivity index (χ2v) is 16.8. The maximum Gasteiger partial charge on any atom is 0.136 e. The highest BCUT2D eigenvalue weighted by molar-refractivity contribution is 6.30. The molecule has 13 aromatic carbocycles. The average molecular weight is 786 g/mol. The summed E-state index contributed by atoms with van der Waals surface area (Å²) in [4.78, 5) is 2.45. The van der Waals surface area contributed by atoms with Crippen molar-refractivity contribution in [3.05, 3.63) is 212 Å². The number of hydrogen-bond acceptors (Lipinski definition) is 2. The predicted molar refractivity (Wildman–Crippen MR) is 265 cm³/mol. The normalized spacial score (nSPS) is 12.2. The second-order valence-electron chi connectivity index (χ2n) is 16.8.